The van der Waals surface area contributed by atoms with Gasteiger partial charge in [0.2, 0.25) is 0 Å². The lowest BCUT2D eigenvalue weighted by Crippen LogP contribution is -2.07. The van der Waals surface area contributed by atoms with Crippen molar-refractivity contribution in [3.63, 3.8) is 0 Å². The van der Waals surface area contributed by atoms with Crippen molar-refractivity contribution in [1.82, 2.24) is 0 Å². The molecule has 1 aromatic rings. The van der Waals surface area contributed by atoms with Gasteiger partial charge in [0.05, 0.1) is 12.0 Å². The summed E-state index contributed by atoms with van der Waals surface area (Å²) in [5.74, 6) is -2.58. The van der Waals surface area contributed by atoms with Crippen LogP contribution in [0.15, 0.2) is 18.2 Å². The highest BCUT2D eigenvalue weighted by atomic mass is 19.1. The van der Waals surface area contributed by atoms with Crippen LogP contribution in [-0.4, -0.2) is 11.6 Å². The van der Waals surface area contributed by atoms with Crippen molar-refractivity contribution in [3.05, 3.63) is 35.4 Å². The third kappa shape index (κ3) is 2.45. The van der Waals surface area contributed by atoms with Gasteiger partial charge in [-0.15, -0.1) is 0 Å². The molecule has 1 rings (SSSR count). The van der Waals surface area contributed by atoms with Gasteiger partial charge in [-0.2, -0.15) is 0 Å². The standard InChI is InChI=1S/C10H8F2O2/c1-6(13)4-10(14)8-5-7(11)2-3-9(8)12/h2-3,5H,4H2,1H3. The summed E-state index contributed by atoms with van der Waals surface area (Å²) in [4.78, 5) is 21.8. The van der Waals surface area contributed by atoms with Crippen molar-refractivity contribution in [2.75, 3.05) is 0 Å². The summed E-state index contributed by atoms with van der Waals surface area (Å²) >= 11 is 0. The normalized spacial score (nSPS) is 9.93. The molecule has 14 heavy (non-hydrogen) atoms. The van der Waals surface area contributed by atoms with E-state index in [1.165, 1.54) is 6.92 Å². The van der Waals surface area contributed by atoms with Gasteiger partial charge in [-0.1, -0.05) is 0 Å². The maximum atomic E-state index is 13.0. The van der Waals surface area contributed by atoms with Crippen molar-refractivity contribution in [3.8, 4) is 0 Å². The zero-order valence-corrected chi connectivity index (χ0v) is 7.51. The fourth-order valence-corrected chi connectivity index (χ4v) is 1.03. The minimum absolute atomic E-state index is 0.375. The number of carbonyl (C=O) groups excluding carboxylic acids is 2. The smallest absolute Gasteiger partial charge is 0.173 e. The Kier molecular flexibility index (Phi) is 3.06. The molecule has 1 aromatic carbocycles. The van der Waals surface area contributed by atoms with Crippen LogP contribution < -0.4 is 0 Å². The molecule has 0 aromatic heterocycles. The molecule has 0 saturated carbocycles. The van der Waals surface area contributed by atoms with E-state index in [-0.39, 0.29) is 11.3 Å². The molecule has 0 aliphatic rings. The Balaban J connectivity index is 3.00. The fraction of sp³-hybridized carbons (Fsp3) is 0.200. The molecule has 2 nitrogen and oxygen atoms in total. The SMILES string of the molecule is CC(=O)CC(=O)c1cc(F)ccc1F. The molecule has 0 amide bonds. The second-order valence-corrected chi connectivity index (χ2v) is 2.93. The molecule has 0 heterocycles. The van der Waals surface area contributed by atoms with Crippen molar-refractivity contribution >= 4 is 11.6 Å². The average molecular weight is 198 g/mol. The Labute approximate surface area is 79.5 Å². The lowest BCUT2D eigenvalue weighted by Gasteiger charge is -2.00. The Bertz CT molecular complexity index is 386. The van der Waals surface area contributed by atoms with Gasteiger partial charge in [0, 0.05) is 0 Å². The van der Waals surface area contributed by atoms with Gasteiger partial charge in [-0.3, -0.25) is 9.59 Å². The molecule has 0 atom stereocenters. The molecule has 0 saturated heterocycles. The van der Waals surface area contributed by atoms with Gasteiger partial charge in [-0.25, -0.2) is 8.78 Å². The lowest BCUT2D eigenvalue weighted by molar-refractivity contribution is -0.116. The zero-order chi connectivity index (χ0) is 10.7. The summed E-state index contributed by atoms with van der Waals surface area (Å²) in [5, 5.41) is 0. The van der Waals surface area contributed by atoms with Crippen LogP contribution in [0.5, 0.6) is 0 Å². The number of benzene rings is 1. The number of halogens is 2. The monoisotopic (exact) mass is 198 g/mol. The Morgan fingerprint density at radius 1 is 1.29 bits per heavy atom. The largest absolute Gasteiger partial charge is 0.300 e. The van der Waals surface area contributed by atoms with Crippen LogP contribution in [0, 0.1) is 11.6 Å². The van der Waals surface area contributed by atoms with Crippen LogP contribution in [0.4, 0.5) is 8.78 Å². The number of Topliss-reactive ketones (excluding diaryl/α,β-unsaturated/α-hetero) is 2. The molecule has 74 valence electrons. The molecule has 0 bridgehead atoms. The van der Waals surface area contributed by atoms with E-state index in [9.17, 15) is 18.4 Å². The second-order valence-electron chi connectivity index (χ2n) is 2.93. The van der Waals surface area contributed by atoms with Crippen molar-refractivity contribution < 1.29 is 18.4 Å². The van der Waals surface area contributed by atoms with Crippen molar-refractivity contribution in [1.29, 1.82) is 0 Å². The van der Waals surface area contributed by atoms with Gasteiger partial charge in [0.15, 0.2) is 5.78 Å². The number of hydrogen-bond acceptors (Lipinski definition) is 2. The molecule has 0 N–H and O–H groups in total. The summed E-state index contributed by atoms with van der Waals surface area (Å²) in [6.45, 7) is 1.22. The number of hydrogen-bond donors (Lipinski definition) is 0. The van der Waals surface area contributed by atoms with Gasteiger partial charge < -0.3 is 0 Å². The predicted molar refractivity (Wildman–Crippen MR) is 46.0 cm³/mol. The average Bonchev–Trinajstić information content (AvgIpc) is 2.08. The van der Waals surface area contributed by atoms with E-state index in [1.807, 2.05) is 0 Å². The quantitative estimate of drug-likeness (QED) is 0.550. The highest BCUT2D eigenvalue weighted by molar-refractivity contribution is 6.07. The Morgan fingerprint density at radius 2 is 1.93 bits per heavy atom. The van der Waals surface area contributed by atoms with E-state index in [0.29, 0.717) is 0 Å². The molecule has 0 spiro atoms. The highest BCUT2D eigenvalue weighted by Gasteiger charge is 2.14. The van der Waals surface area contributed by atoms with Crippen LogP contribution in [0.1, 0.15) is 23.7 Å². The minimum Gasteiger partial charge on any atom is -0.300 e. The Morgan fingerprint density at radius 3 is 2.50 bits per heavy atom. The first-order valence-electron chi connectivity index (χ1n) is 3.98. The van der Waals surface area contributed by atoms with Gasteiger partial charge in [0.25, 0.3) is 0 Å². The zero-order valence-electron chi connectivity index (χ0n) is 7.51. The molecule has 0 aliphatic heterocycles. The van der Waals surface area contributed by atoms with E-state index in [0.717, 1.165) is 18.2 Å². The molecule has 0 aliphatic carbocycles. The first kappa shape index (κ1) is 10.5. The number of carbonyl (C=O) groups is 2. The van der Waals surface area contributed by atoms with Gasteiger partial charge in [-0.05, 0) is 25.1 Å². The summed E-state index contributed by atoms with van der Waals surface area (Å²) in [5.41, 5.74) is -0.375. The van der Waals surface area contributed by atoms with Gasteiger partial charge >= 0.3 is 0 Å². The van der Waals surface area contributed by atoms with E-state index < -0.39 is 23.8 Å². The topological polar surface area (TPSA) is 34.1 Å². The van der Waals surface area contributed by atoms with Gasteiger partial charge in [0.1, 0.15) is 17.4 Å². The van der Waals surface area contributed by atoms with Crippen LogP contribution in [-0.2, 0) is 4.79 Å². The Hall–Kier alpha value is -1.58. The first-order chi connectivity index (χ1) is 6.50. The molecular weight excluding hydrogens is 190 g/mol. The van der Waals surface area contributed by atoms with Crippen LogP contribution in [0.2, 0.25) is 0 Å². The lowest BCUT2D eigenvalue weighted by atomic mass is 10.1. The van der Waals surface area contributed by atoms with Crippen LogP contribution >= 0.6 is 0 Å². The predicted octanol–water partition coefficient (Wildman–Crippen LogP) is 2.13. The summed E-state index contributed by atoms with van der Waals surface area (Å²) < 4.78 is 25.6. The minimum atomic E-state index is -0.808. The highest BCUT2D eigenvalue weighted by Crippen LogP contribution is 2.11. The van der Waals surface area contributed by atoms with Crippen LogP contribution in [0.25, 0.3) is 0 Å². The molecule has 0 radical (unpaired) electrons. The van der Waals surface area contributed by atoms with Crippen molar-refractivity contribution in [2.24, 2.45) is 0 Å². The summed E-state index contributed by atoms with van der Waals surface area (Å²) in [6, 6.07) is 2.57. The molecule has 0 fully saturated rings. The summed E-state index contributed by atoms with van der Waals surface area (Å²) in [7, 11) is 0. The third-order valence-electron chi connectivity index (χ3n) is 1.64. The number of rotatable bonds is 3. The number of ketones is 2. The van der Waals surface area contributed by atoms with E-state index in [1.54, 1.807) is 0 Å². The van der Waals surface area contributed by atoms with E-state index in [2.05, 4.69) is 0 Å². The fourth-order valence-electron chi connectivity index (χ4n) is 1.03. The molecular formula is C10H8F2O2. The first-order valence-corrected chi connectivity index (χ1v) is 3.98. The molecule has 4 heteroatoms. The van der Waals surface area contributed by atoms with Crippen molar-refractivity contribution in [2.45, 2.75) is 13.3 Å². The summed E-state index contributed by atoms with van der Waals surface area (Å²) in [6.07, 6.45) is -0.402. The van der Waals surface area contributed by atoms with E-state index >= 15 is 0 Å². The third-order valence-corrected chi connectivity index (χ3v) is 1.64. The van der Waals surface area contributed by atoms with E-state index in [4.69, 9.17) is 0 Å². The molecule has 0 unspecified atom stereocenters. The maximum absolute atomic E-state index is 13.0. The maximum Gasteiger partial charge on any atom is 0.173 e. The second kappa shape index (κ2) is 4.09. The van der Waals surface area contributed by atoms with Crippen LogP contribution in [0.3, 0.4) is 0 Å².